The number of para-hydroxylation sites is 2. The number of sulfonamides is 1. The predicted molar refractivity (Wildman–Crippen MR) is 120 cm³/mol. The van der Waals surface area contributed by atoms with Gasteiger partial charge in [0.1, 0.15) is 5.75 Å². The Morgan fingerprint density at radius 1 is 1.20 bits per heavy atom. The lowest BCUT2D eigenvalue weighted by atomic mass is 9.98. The summed E-state index contributed by atoms with van der Waals surface area (Å²) in [6, 6.07) is 12.0. The van der Waals surface area contributed by atoms with Gasteiger partial charge >= 0.3 is 0 Å². The van der Waals surface area contributed by atoms with Crippen LogP contribution in [0.4, 0.5) is 5.69 Å². The van der Waals surface area contributed by atoms with Crippen molar-refractivity contribution in [2.24, 2.45) is 5.92 Å². The summed E-state index contributed by atoms with van der Waals surface area (Å²) in [5.41, 5.74) is 1.14. The molecule has 1 fully saturated rings. The Hall–Kier alpha value is -1.80. The third-order valence-electron chi connectivity index (χ3n) is 4.93. The van der Waals surface area contributed by atoms with Crippen molar-refractivity contribution in [3.05, 3.63) is 58.1 Å². The number of nitrogens with one attached hydrogen (secondary N) is 1. The van der Waals surface area contributed by atoms with Crippen LogP contribution in [0.3, 0.4) is 0 Å². The molecule has 2 aromatic rings. The molecule has 0 aromatic heterocycles. The van der Waals surface area contributed by atoms with Crippen LogP contribution < -0.4 is 10.1 Å². The Kier molecular flexibility index (Phi) is 7.63. The van der Waals surface area contributed by atoms with Gasteiger partial charge in [0, 0.05) is 13.1 Å². The van der Waals surface area contributed by atoms with Gasteiger partial charge in [0.05, 0.1) is 34.0 Å². The van der Waals surface area contributed by atoms with Crippen molar-refractivity contribution < 1.29 is 17.9 Å². The Balaban J connectivity index is 1.68. The molecule has 0 radical (unpaired) electrons. The molecule has 162 valence electrons. The number of ether oxygens (including phenoxy) is 1. The molecule has 1 aliphatic rings. The van der Waals surface area contributed by atoms with E-state index in [1.807, 2.05) is 19.1 Å². The monoisotopic (exact) mass is 470 g/mol. The number of benzene rings is 2. The van der Waals surface area contributed by atoms with E-state index in [-0.39, 0.29) is 18.2 Å². The number of hydrogen-bond acceptors (Lipinski definition) is 4. The van der Waals surface area contributed by atoms with Crippen LogP contribution >= 0.6 is 23.2 Å². The van der Waals surface area contributed by atoms with E-state index < -0.39 is 15.9 Å². The molecule has 0 saturated carbocycles. The average molecular weight is 471 g/mol. The first kappa shape index (κ1) is 22.9. The van der Waals surface area contributed by atoms with Crippen molar-refractivity contribution >= 4 is 44.8 Å². The highest BCUT2D eigenvalue weighted by Gasteiger charge is 2.32. The van der Waals surface area contributed by atoms with Crippen LogP contribution in [0.1, 0.15) is 25.3 Å². The number of hydrogen-bond donors (Lipinski definition) is 1. The largest absolute Gasteiger partial charge is 0.492 e. The smallest absolute Gasteiger partial charge is 0.228 e. The maximum atomic E-state index is 12.9. The number of halogens is 2. The van der Waals surface area contributed by atoms with E-state index in [4.69, 9.17) is 27.9 Å². The van der Waals surface area contributed by atoms with Gasteiger partial charge in [0.25, 0.3) is 0 Å². The SMILES string of the molecule is CCOc1ccccc1NC(=O)C1CCCN(S(=O)(=O)Cc2ccc(Cl)c(Cl)c2)C1. The van der Waals surface area contributed by atoms with E-state index in [9.17, 15) is 13.2 Å². The number of amides is 1. The lowest BCUT2D eigenvalue weighted by molar-refractivity contribution is -0.120. The van der Waals surface area contributed by atoms with Crippen LogP contribution in [0.5, 0.6) is 5.75 Å². The van der Waals surface area contributed by atoms with Gasteiger partial charge < -0.3 is 10.1 Å². The van der Waals surface area contributed by atoms with Crippen molar-refractivity contribution in [3.8, 4) is 5.75 Å². The average Bonchev–Trinajstić information content (AvgIpc) is 2.72. The highest BCUT2D eigenvalue weighted by Crippen LogP contribution is 2.28. The maximum absolute atomic E-state index is 12.9. The standard InChI is InChI=1S/C21H24Cl2N2O4S/c1-2-29-20-8-4-3-7-19(20)24-21(26)16-6-5-11-25(13-16)30(27,28)14-15-9-10-17(22)18(23)12-15/h3-4,7-10,12,16H,2,5-6,11,13-14H2,1H3,(H,24,26). The summed E-state index contributed by atoms with van der Waals surface area (Å²) >= 11 is 11.9. The number of carbonyl (C=O) groups excluding carboxylic acids is 1. The van der Waals surface area contributed by atoms with Crippen LogP contribution in [-0.4, -0.2) is 38.3 Å². The van der Waals surface area contributed by atoms with Gasteiger partial charge in [-0.1, -0.05) is 41.4 Å². The van der Waals surface area contributed by atoms with Gasteiger partial charge in [-0.25, -0.2) is 12.7 Å². The van der Waals surface area contributed by atoms with Crippen molar-refractivity contribution in [3.63, 3.8) is 0 Å². The predicted octanol–water partition coefficient (Wildman–Crippen LogP) is 4.57. The van der Waals surface area contributed by atoms with Gasteiger partial charge in [-0.05, 0) is 49.6 Å². The molecule has 0 aliphatic carbocycles. The zero-order chi connectivity index (χ0) is 21.7. The molecule has 1 heterocycles. The number of anilines is 1. The fourth-order valence-corrected chi connectivity index (χ4v) is 5.34. The van der Waals surface area contributed by atoms with E-state index in [1.165, 1.54) is 4.31 Å². The second kappa shape index (κ2) is 10.0. The third kappa shape index (κ3) is 5.66. The van der Waals surface area contributed by atoms with Crippen molar-refractivity contribution in [1.82, 2.24) is 4.31 Å². The first-order valence-electron chi connectivity index (χ1n) is 9.74. The van der Waals surface area contributed by atoms with Gasteiger partial charge in [0.15, 0.2) is 0 Å². The molecule has 1 atom stereocenters. The van der Waals surface area contributed by atoms with Crippen molar-refractivity contribution in [1.29, 1.82) is 0 Å². The number of carbonyl (C=O) groups is 1. The molecule has 1 unspecified atom stereocenters. The summed E-state index contributed by atoms with van der Waals surface area (Å²) in [4.78, 5) is 12.8. The minimum atomic E-state index is -3.60. The number of nitrogens with zero attached hydrogens (tertiary/aromatic N) is 1. The Morgan fingerprint density at radius 3 is 2.70 bits per heavy atom. The van der Waals surface area contributed by atoms with E-state index in [1.54, 1.807) is 30.3 Å². The van der Waals surface area contributed by atoms with Crippen LogP contribution in [-0.2, 0) is 20.6 Å². The van der Waals surface area contributed by atoms with Gasteiger partial charge in [-0.3, -0.25) is 4.79 Å². The summed E-state index contributed by atoms with van der Waals surface area (Å²) in [6.45, 7) is 2.89. The second-order valence-electron chi connectivity index (χ2n) is 7.12. The minimum Gasteiger partial charge on any atom is -0.492 e. The number of piperidine rings is 1. The molecule has 0 bridgehead atoms. The topological polar surface area (TPSA) is 75.7 Å². The molecule has 3 rings (SSSR count). The Labute approximate surface area is 187 Å². The summed E-state index contributed by atoms with van der Waals surface area (Å²) in [5, 5.41) is 3.57. The van der Waals surface area contributed by atoms with Gasteiger partial charge in [0.2, 0.25) is 15.9 Å². The molecule has 1 N–H and O–H groups in total. The summed E-state index contributed by atoms with van der Waals surface area (Å²) in [7, 11) is -3.60. The van der Waals surface area contributed by atoms with Crippen molar-refractivity contribution in [2.45, 2.75) is 25.5 Å². The Bertz CT molecular complexity index is 1010. The van der Waals surface area contributed by atoms with E-state index in [2.05, 4.69) is 5.32 Å². The first-order chi connectivity index (χ1) is 14.3. The Morgan fingerprint density at radius 2 is 1.97 bits per heavy atom. The molecule has 30 heavy (non-hydrogen) atoms. The number of rotatable bonds is 7. The van der Waals surface area contributed by atoms with Crippen LogP contribution in [0.25, 0.3) is 0 Å². The van der Waals surface area contributed by atoms with Crippen LogP contribution in [0.15, 0.2) is 42.5 Å². The van der Waals surface area contributed by atoms with Gasteiger partial charge in [-0.15, -0.1) is 0 Å². The molecule has 1 aliphatic heterocycles. The second-order valence-corrected chi connectivity index (χ2v) is 9.90. The van der Waals surface area contributed by atoms with Crippen LogP contribution in [0, 0.1) is 5.92 Å². The van der Waals surface area contributed by atoms with E-state index in [0.717, 1.165) is 0 Å². The quantitative estimate of drug-likeness (QED) is 0.642. The van der Waals surface area contributed by atoms with Gasteiger partial charge in [-0.2, -0.15) is 0 Å². The summed E-state index contributed by atoms with van der Waals surface area (Å²) < 4.78 is 32.8. The zero-order valence-electron chi connectivity index (χ0n) is 16.6. The third-order valence-corrected chi connectivity index (χ3v) is 7.48. The lowest BCUT2D eigenvalue weighted by Crippen LogP contribution is -2.44. The maximum Gasteiger partial charge on any atom is 0.228 e. The van der Waals surface area contributed by atoms with Crippen LogP contribution in [0.2, 0.25) is 10.0 Å². The fourth-order valence-electron chi connectivity index (χ4n) is 3.43. The molecule has 1 amide bonds. The molecule has 1 saturated heterocycles. The molecular weight excluding hydrogens is 447 g/mol. The molecule has 0 spiro atoms. The summed E-state index contributed by atoms with van der Waals surface area (Å²) in [6.07, 6.45) is 1.24. The molecule has 9 heteroatoms. The fraction of sp³-hybridized carbons (Fsp3) is 0.381. The summed E-state index contributed by atoms with van der Waals surface area (Å²) in [5.74, 6) is -0.243. The highest BCUT2D eigenvalue weighted by molar-refractivity contribution is 7.88. The van der Waals surface area contributed by atoms with Crippen molar-refractivity contribution in [2.75, 3.05) is 25.0 Å². The molecule has 6 nitrogen and oxygen atoms in total. The normalized spacial score (nSPS) is 17.5. The van der Waals surface area contributed by atoms with E-state index >= 15 is 0 Å². The van der Waals surface area contributed by atoms with E-state index in [0.29, 0.717) is 53.0 Å². The minimum absolute atomic E-state index is 0.145. The molecular formula is C21H24Cl2N2O4S. The zero-order valence-corrected chi connectivity index (χ0v) is 18.9. The lowest BCUT2D eigenvalue weighted by Gasteiger charge is -2.31. The highest BCUT2D eigenvalue weighted by atomic mass is 35.5. The molecule has 2 aromatic carbocycles. The first-order valence-corrected chi connectivity index (χ1v) is 12.1.